The minimum Gasteiger partial charge on any atom is -1.00 e. The van der Waals surface area contributed by atoms with Crippen LogP contribution in [0, 0.1) is 6.92 Å². The zero-order valence-electron chi connectivity index (χ0n) is 12.6. The van der Waals surface area contributed by atoms with Crippen molar-refractivity contribution in [1.29, 1.82) is 0 Å². The van der Waals surface area contributed by atoms with Gasteiger partial charge in [-0.1, -0.05) is 11.3 Å². The Morgan fingerprint density at radius 1 is 1.19 bits per heavy atom. The lowest BCUT2D eigenvalue weighted by atomic mass is 10.3. The predicted molar refractivity (Wildman–Crippen MR) is 82.0 cm³/mol. The van der Waals surface area contributed by atoms with Gasteiger partial charge in [-0.15, -0.1) is 0 Å². The summed E-state index contributed by atoms with van der Waals surface area (Å²) in [5.41, 5.74) is 2.33. The van der Waals surface area contributed by atoms with Crippen molar-refractivity contribution in [2.75, 3.05) is 26.1 Å². The molecule has 0 aliphatic heterocycles. The van der Waals surface area contributed by atoms with Crippen molar-refractivity contribution in [3.05, 3.63) is 35.3 Å². The highest BCUT2D eigenvalue weighted by Gasteiger charge is 2.15. The number of aryl methyl sites for hydroxylation is 1. The summed E-state index contributed by atoms with van der Waals surface area (Å²) in [6.45, 7) is 3.87. The van der Waals surface area contributed by atoms with E-state index in [2.05, 4.69) is 22.2 Å². The van der Waals surface area contributed by atoms with Crippen LogP contribution in [-0.2, 0) is 11.3 Å². The molecule has 1 heterocycles. The van der Waals surface area contributed by atoms with Crippen LogP contribution < -0.4 is 38.6 Å². The average molecular weight is 420 g/mol. The minimum absolute atomic E-state index is 0. The molecule has 0 fully saturated rings. The van der Waals surface area contributed by atoms with Gasteiger partial charge in [0.1, 0.15) is 17.1 Å². The van der Waals surface area contributed by atoms with E-state index in [1.165, 1.54) is 5.69 Å². The van der Waals surface area contributed by atoms with Crippen LogP contribution in [0.3, 0.4) is 0 Å². The Bertz CT molecular complexity index is 543. The molecule has 4 nitrogen and oxygen atoms in total. The van der Waals surface area contributed by atoms with Gasteiger partial charge in [0.15, 0.2) is 0 Å². The molecule has 0 radical (unpaired) electrons. The first-order valence-electron chi connectivity index (χ1n) is 6.62. The van der Waals surface area contributed by atoms with Crippen LogP contribution in [0.4, 0.5) is 10.8 Å². The van der Waals surface area contributed by atoms with E-state index in [0.717, 1.165) is 36.1 Å². The van der Waals surface area contributed by atoms with Crippen LogP contribution in [0.15, 0.2) is 29.6 Å². The summed E-state index contributed by atoms with van der Waals surface area (Å²) in [5.74, 6) is 0.867. The number of nitrogens with zero attached hydrogens (tertiary/aromatic N) is 1. The number of methoxy groups -OCH3 is 2. The van der Waals surface area contributed by atoms with Crippen molar-refractivity contribution in [2.45, 2.75) is 19.9 Å². The quantitative estimate of drug-likeness (QED) is 0.393. The maximum Gasteiger partial charge on any atom is 0.339 e. The first-order chi connectivity index (χ1) is 9.74. The highest BCUT2D eigenvalue weighted by molar-refractivity contribution is 7.13. The zero-order valence-corrected chi connectivity index (χ0v) is 15.5. The SMILES string of the molecule is COCCC[n+]1c(C)csc1Nc1ccc(OC)cc1.[I-]. The number of hydrogen-bond acceptors (Lipinski definition) is 4. The van der Waals surface area contributed by atoms with Crippen LogP contribution in [0.25, 0.3) is 0 Å². The van der Waals surface area contributed by atoms with E-state index < -0.39 is 0 Å². The zero-order chi connectivity index (χ0) is 14.4. The third-order valence-electron chi connectivity index (χ3n) is 3.08. The number of thiazole rings is 1. The van der Waals surface area contributed by atoms with E-state index in [-0.39, 0.29) is 24.0 Å². The lowest BCUT2D eigenvalue weighted by Crippen LogP contribution is -3.00. The molecule has 0 atom stereocenters. The first-order valence-corrected chi connectivity index (χ1v) is 7.50. The van der Waals surface area contributed by atoms with Crippen LogP contribution in [-0.4, -0.2) is 20.8 Å². The standard InChI is InChI=1S/C15H20N2O2S.HI/c1-12-11-20-15(17(12)9-4-10-18-2)16-13-5-7-14(19-3)8-6-13;/h5-8,11H,4,9-10H2,1-3H3;1H. The predicted octanol–water partition coefficient (Wildman–Crippen LogP) is 0.137. The number of ether oxygens (including phenoxy) is 2. The summed E-state index contributed by atoms with van der Waals surface area (Å²) in [4.78, 5) is 0. The van der Waals surface area contributed by atoms with Gasteiger partial charge in [-0.05, 0) is 31.2 Å². The Balaban J connectivity index is 0.00000220. The van der Waals surface area contributed by atoms with Gasteiger partial charge in [0.25, 0.3) is 0 Å². The van der Waals surface area contributed by atoms with Crippen LogP contribution in [0.1, 0.15) is 12.1 Å². The molecule has 0 bridgehead atoms. The molecule has 6 heteroatoms. The van der Waals surface area contributed by atoms with Crippen molar-refractivity contribution in [3.8, 4) is 5.75 Å². The minimum atomic E-state index is 0. The van der Waals surface area contributed by atoms with Gasteiger partial charge in [-0.3, -0.25) is 0 Å². The molecular weight excluding hydrogens is 399 g/mol. The average Bonchev–Trinajstić information content (AvgIpc) is 2.81. The Labute approximate surface area is 147 Å². The summed E-state index contributed by atoms with van der Waals surface area (Å²) in [6, 6.07) is 7.96. The van der Waals surface area contributed by atoms with Gasteiger partial charge in [-0.2, -0.15) is 0 Å². The fourth-order valence-electron chi connectivity index (χ4n) is 1.97. The Morgan fingerprint density at radius 3 is 2.52 bits per heavy atom. The molecule has 1 aromatic heterocycles. The Kier molecular flexibility index (Phi) is 7.98. The van der Waals surface area contributed by atoms with Crippen molar-refractivity contribution < 1.29 is 38.0 Å². The van der Waals surface area contributed by atoms with E-state index in [9.17, 15) is 0 Å². The Hall–Kier alpha value is -0.860. The van der Waals surface area contributed by atoms with Crippen LogP contribution in [0.2, 0.25) is 0 Å². The molecule has 0 saturated carbocycles. The summed E-state index contributed by atoms with van der Waals surface area (Å²) < 4.78 is 12.6. The van der Waals surface area contributed by atoms with E-state index in [0.29, 0.717) is 0 Å². The van der Waals surface area contributed by atoms with Crippen LogP contribution in [0.5, 0.6) is 5.75 Å². The molecule has 116 valence electrons. The summed E-state index contributed by atoms with van der Waals surface area (Å²) >= 11 is 1.72. The van der Waals surface area contributed by atoms with Crippen molar-refractivity contribution in [3.63, 3.8) is 0 Å². The maximum atomic E-state index is 5.17. The molecule has 2 rings (SSSR count). The third-order valence-corrected chi connectivity index (χ3v) is 4.09. The molecule has 21 heavy (non-hydrogen) atoms. The largest absolute Gasteiger partial charge is 1.00 e. The maximum absolute atomic E-state index is 5.17. The van der Waals surface area contributed by atoms with Gasteiger partial charge < -0.3 is 33.5 Å². The number of hydrogen-bond donors (Lipinski definition) is 1. The number of anilines is 2. The Morgan fingerprint density at radius 2 is 1.90 bits per heavy atom. The number of halogens is 1. The van der Waals surface area contributed by atoms with Gasteiger partial charge >= 0.3 is 5.13 Å². The molecule has 0 saturated heterocycles. The summed E-state index contributed by atoms with van der Waals surface area (Å²) in [7, 11) is 3.41. The van der Waals surface area contributed by atoms with E-state index in [4.69, 9.17) is 9.47 Å². The summed E-state index contributed by atoms with van der Waals surface area (Å²) in [6.07, 6.45) is 1.01. The van der Waals surface area contributed by atoms with Gasteiger partial charge in [-0.25, -0.2) is 9.88 Å². The van der Waals surface area contributed by atoms with Gasteiger partial charge in [0, 0.05) is 25.5 Å². The fraction of sp³-hybridized carbons (Fsp3) is 0.400. The fourth-order valence-corrected chi connectivity index (χ4v) is 2.92. The molecular formula is C15H21IN2O2S. The normalized spacial score (nSPS) is 10.0. The highest BCUT2D eigenvalue weighted by atomic mass is 127. The molecule has 0 aliphatic carbocycles. The molecule has 0 unspecified atom stereocenters. The number of aromatic nitrogens is 1. The van der Waals surface area contributed by atoms with Crippen molar-refractivity contribution in [1.82, 2.24) is 0 Å². The van der Waals surface area contributed by atoms with Crippen molar-refractivity contribution in [2.24, 2.45) is 0 Å². The molecule has 1 N–H and O–H groups in total. The number of nitrogens with one attached hydrogen (secondary N) is 1. The van der Waals surface area contributed by atoms with Crippen molar-refractivity contribution >= 4 is 22.2 Å². The molecule has 0 aliphatic rings. The second-order valence-electron chi connectivity index (χ2n) is 4.53. The molecule has 1 aromatic carbocycles. The number of benzene rings is 1. The highest BCUT2D eigenvalue weighted by Crippen LogP contribution is 2.21. The van der Waals surface area contributed by atoms with E-state index >= 15 is 0 Å². The van der Waals surface area contributed by atoms with E-state index in [1.54, 1.807) is 25.6 Å². The third kappa shape index (κ3) is 5.12. The number of rotatable bonds is 7. The lowest BCUT2D eigenvalue weighted by molar-refractivity contribution is -0.685. The second kappa shape index (κ2) is 9.22. The van der Waals surface area contributed by atoms with Gasteiger partial charge in [0.2, 0.25) is 0 Å². The smallest absolute Gasteiger partial charge is 0.339 e. The van der Waals surface area contributed by atoms with Crippen LogP contribution >= 0.6 is 11.3 Å². The first kappa shape index (κ1) is 18.2. The molecule has 2 aromatic rings. The topological polar surface area (TPSA) is 34.4 Å². The molecule has 0 spiro atoms. The monoisotopic (exact) mass is 420 g/mol. The summed E-state index contributed by atoms with van der Waals surface area (Å²) in [5, 5.41) is 6.76. The lowest BCUT2D eigenvalue weighted by Gasteiger charge is -2.04. The van der Waals surface area contributed by atoms with E-state index in [1.807, 2.05) is 24.3 Å². The molecule has 0 amide bonds. The second-order valence-corrected chi connectivity index (χ2v) is 5.39. The van der Waals surface area contributed by atoms with Gasteiger partial charge in [0.05, 0.1) is 13.7 Å².